The van der Waals surface area contributed by atoms with Crippen LogP contribution in [-0.4, -0.2) is 17.7 Å². The van der Waals surface area contributed by atoms with Crippen LogP contribution in [0.5, 0.6) is 5.75 Å². The average molecular weight is 220 g/mol. The van der Waals surface area contributed by atoms with Crippen LogP contribution in [0.4, 0.5) is 0 Å². The molecule has 0 spiro atoms. The predicted molar refractivity (Wildman–Crippen MR) is 62.5 cm³/mol. The Morgan fingerprint density at radius 3 is 2.50 bits per heavy atom. The van der Waals surface area contributed by atoms with E-state index in [2.05, 4.69) is 0 Å². The van der Waals surface area contributed by atoms with Crippen LogP contribution < -0.4 is 4.74 Å². The van der Waals surface area contributed by atoms with Gasteiger partial charge < -0.3 is 9.84 Å². The topological polar surface area (TPSA) is 46.5 Å². The molecular formula is C13H16O3. The van der Waals surface area contributed by atoms with Gasteiger partial charge in [-0.2, -0.15) is 0 Å². The van der Waals surface area contributed by atoms with Crippen LogP contribution in [0.15, 0.2) is 42.0 Å². The Kier molecular flexibility index (Phi) is 4.58. The van der Waals surface area contributed by atoms with Gasteiger partial charge in [-0.3, -0.25) is 0 Å². The summed E-state index contributed by atoms with van der Waals surface area (Å²) in [5, 5.41) is 8.70. The van der Waals surface area contributed by atoms with Crippen LogP contribution in [-0.2, 0) is 4.79 Å². The van der Waals surface area contributed by atoms with Gasteiger partial charge in [0.15, 0.2) is 0 Å². The lowest BCUT2D eigenvalue weighted by Crippen LogP contribution is -2.08. The second-order valence-corrected chi connectivity index (χ2v) is 3.81. The Labute approximate surface area is 95.4 Å². The molecule has 0 atom stereocenters. The number of carboxylic acids is 1. The first-order chi connectivity index (χ1) is 7.59. The summed E-state index contributed by atoms with van der Waals surface area (Å²) >= 11 is 0. The van der Waals surface area contributed by atoms with E-state index in [1.807, 2.05) is 44.2 Å². The molecule has 0 amide bonds. The molecule has 0 aliphatic rings. The van der Waals surface area contributed by atoms with Crippen LogP contribution in [0.3, 0.4) is 0 Å². The van der Waals surface area contributed by atoms with Crippen molar-refractivity contribution in [3.63, 3.8) is 0 Å². The number of ether oxygens (including phenoxy) is 1. The zero-order valence-corrected chi connectivity index (χ0v) is 9.51. The molecule has 86 valence electrons. The van der Waals surface area contributed by atoms with Crippen LogP contribution >= 0.6 is 0 Å². The lowest BCUT2D eigenvalue weighted by atomic mass is 10.0. The smallest absolute Gasteiger partial charge is 0.328 e. The summed E-state index contributed by atoms with van der Waals surface area (Å²) in [5.74, 6) is -0.0142. The zero-order valence-electron chi connectivity index (χ0n) is 9.51. The highest BCUT2D eigenvalue weighted by Crippen LogP contribution is 2.14. The van der Waals surface area contributed by atoms with Gasteiger partial charge >= 0.3 is 5.97 Å². The molecule has 1 N–H and O–H groups in total. The largest absolute Gasteiger partial charge is 0.489 e. The summed E-state index contributed by atoms with van der Waals surface area (Å²) in [6.07, 6.45) is 1.22. The molecule has 0 aliphatic heterocycles. The third kappa shape index (κ3) is 4.17. The van der Waals surface area contributed by atoms with E-state index in [-0.39, 0.29) is 5.92 Å². The van der Waals surface area contributed by atoms with Crippen molar-refractivity contribution in [3.8, 4) is 5.75 Å². The van der Waals surface area contributed by atoms with Crippen molar-refractivity contribution in [1.82, 2.24) is 0 Å². The quantitative estimate of drug-likeness (QED) is 0.776. The van der Waals surface area contributed by atoms with E-state index < -0.39 is 5.97 Å². The normalized spacial score (nSPS) is 11.6. The molecule has 3 heteroatoms. The Bertz CT molecular complexity index is 366. The third-order valence-electron chi connectivity index (χ3n) is 2.20. The van der Waals surface area contributed by atoms with Gasteiger partial charge in [-0.15, -0.1) is 0 Å². The van der Waals surface area contributed by atoms with E-state index in [4.69, 9.17) is 9.84 Å². The number of para-hydroxylation sites is 1. The highest BCUT2D eigenvalue weighted by atomic mass is 16.5. The number of benzene rings is 1. The van der Waals surface area contributed by atoms with Crippen LogP contribution in [0.1, 0.15) is 13.8 Å². The molecule has 0 saturated carbocycles. The van der Waals surface area contributed by atoms with Crippen LogP contribution in [0, 0.1) is 5.92 Å². The fourth-order valence-electron chi connectivity index (χ4n) is 1.22. The van der Waals surface area contributed by atoms with Gasteiger partial charge in [0.2, 0.25) is 0 Å². The lowest BCUT2D eigenvalue weighted by molar-refractivity contribution is -0.131. The van der Waals surface area contributed by atoms with Crippen molar-refractivity contribution in [3.05, 3.63) is 42.0 Å². The number of carboxylic acid groups (broad SMARTS) is 1. The summed E-state index contributed by atoms with van der Waals surface area (Å²) in [6.45, 7) is 4.21. The lowest BCUT2D eigenvalue weighted by Gasteiger charge is -2.12. The summed E-state index contributed by atoms with van der Waals surface area (Å²) in [6, 6.07) is 9.36. The molecule has 0 heterocycles. The fraction of sp³-hybridized carbons (Fsp3) is 0.308. The molecular weight excluding hydrogens is 204 g/mol. The van der Waals surface area contributed by atoms with Crippen molar-refractivity contribution in [2.75, 3.05) is 6.61 Å². The molecule has 3 nitrogen and oxygen atoms in total. The fourth-order valence-corrected chi connectivity index (χ4v) is 1.22. The molecule has 0 unspecified atom stereocenters. The maximum absolute atomic E-state index is 10.6. The molecule has 0 aromatic heterocycles. The van der Waals surface area contributed by atoms with Gasteiger partial charge in [-0.1, -0.05) is 32.0 Å². The number of aliphatic carboxylic acids is 1. The molecule has 1 rings (SSSR count). The van der Waals surface area contributed by atoms with Crippen LogP contribution in [0.2, 0.25) is 0 Å². The van der Waals surface area contributed by atoms with E-state index in [0.29, 0.717) is 6.61 Å². The first-order valence-electron chi connectivity index (χ1n) is 5.21. The van der Waals surface area contributed by atoms with E-state index in [9.17, 15) is 4.79 Å². The summed E-state index contributed by atoms with van der Waals surface area (Å²) in [5.41, 5.74) is 0.774. The SMILES string of the molecule is CC(C)/C(=C\C(=O)O)COc1ccccc1. The Hall–Kier alpha value is -1.77. The second-order valence-electron chi connectivity index (χ2n) is 3.81. The Balaban J connectivity index is 2.61. The van der Waals surface area contributed by atoms with Crippen molar-refractivity contribution in [2.24, 2.45) is 5.92 Å². The van der Waals surface area contributed by atoms with Gasteiger partial charge in [-0.25, -0.2) is 4.79 Å². The minimum atomic E-state index is -0.930. The highest BCUT2D eigenvalue weighted by molar-refractivity contribution is 5.80. The molecule has 0 bridgehead atoms. The van der Waals surface area contributed by atoms with Gasteiger partial charge in [-0.05, 0) is 23.6 Å². The van der Waals surface area contributed by atoms with Gasteiger partial charge in [0.1, 0.15) is 12.4 Å². The highest BCUT2D eigenvalue weighted by Gasteiger charge is 2.06. The maximum Gasteiger partial charge on any atom is 0.328 e. The van der Waals surface area contributed by atoms with Gasteiger partial charge in [0, 0.05) is 6.08 Å². The molecule has 1 aromatic carbocycles. The zero-order chi connectivity index (χ0) is 12.0. The monoisotopic (exact) mass is 220 g/mol. The molecule has 16 heavy (non-hydrogen) atoms. The minimum absolute atomic E-state index is 0.166. The first-order valence-corrected chi connectivity index (χ1v) is 5.21. The van der Waals surface area contributed by atoms with Crippen molar-refractivity contribution < 1.29 is 14.6 Å². The van der Waals surface area contributed by atoms with Gasteiger partial charge in [0.05, 0.1) is 0 Å². The van der Waals surface area contributed by atoms with Crippen molar-refractivity contribution in [1.29, 1.82) is 0 Å². The van der Waals surface area contributed by atoms with Crippen molar-refractivity contribution in [2.45, 2.75) is 13.8 Å². The Morgan fingerprint density at radius 2 is 2.00 bits per heavy atom. The number of hydrogen-bond donors (Lipinski definition) is 1. The molecule has 1 aromatic rings. The van der Waals surface area contributed by atoms with Gasteiger partial charge in [0.25, 0.3) is 0 Å². The number of hydrogen-bond acceptors (Lipinski definition) is 2. The first kappa shape index (κ1) is 12.3. The van der Waals surface area contributed by atoms with E-state index in [1.54, 1.807) is 0 Å². The molecule has 0 saturated heterocycles. The predicted octanol–water partition coefficient (Wildman–Crippen LogP) is 2.73. The average Bonchev–Trinajstić information content (AvgIpc) is 2.25. The second kappa shape index (κ2) is 5.95. The van der Waals surface area contributed by atoms with Crippen molar-refractivity contribution >= 4 is 5.97 Å². The van der Waals surface area contributed by atoms with Crippen LogP contribution in [0.25, 0.3) is 0 Å². The number of carbonyl (C=O) groups is 1. The minimum Gasteiger partial charge on any atom is -0.489 e. The summed E-state index contributed by atoms with van der Waals surface area (Å²) in [7, 11) is 0. The molecule has 0 aliphatic carbocycles. The molecule has 0 radical (unpaired) electrons. The maximum atomic E-state index is 10.6. The molecule has 0 fully saturated rings. The third-order valence-corrected chi connectivity index (χ3v) is 2.20. The van der Waals surface area contributed by atoms with E-state index in [1.165, 1.54) is 6.08 Å². The van der Waals surface area contributed by atoms with E-state index in [0.717, 1.165) is 11.3 Å². The standard InChI is InChI=1S/C13H16O3/c1-10(2)11(8-13(14)15)9-16-12-6-4-3-5-7-12/h3-8,10H,9H2,1-2H3,(H,14,15)/b11-8-. The summed E-state index contributed by atoms with van der Waals surface area (Å²) in [4.78, 5) is 10.6. The Morgan fingerprint density at radius 1 is 1.38 bits per heavy atom. The van der Waals surface area contributed by atoms with E-state index >= 15 is 0 Å². The summed E-state index contributed by atoms with van der Waals surface area (Å²) < 4.78 is 5.50. The number of rotatable bonds is 5.